The fourth-order valence-corrected chi connectivity index (χ4v) is 4.30. The number of hydrogen-bond donors (Lipinski definition) is 2. The number of nitrogens with one attached hydrogen (secondary N) is 2. The number of hydrogen-bond acceptors (Lipinski definition) is 4. The van der Waals surface area contributed by atoms with Crippen molar-refractivity contribution in [3.05, 3.63) is 24.3 Å². The summed E-state index contributed by atoms with van der Waals surface area (Å²) in [5.41, 5.74) is 0.652. The first-order chi connectivity index (χ1) is 15.6. The molecule has 0 unspecified atom stereocenters. The van der Waals surface area contributed by atoms with E-state index in [0.717, 1.165) is 32.2 Å². The number of urea groups is 1. The summed E-state index contributed by atoms with van der Waals surface area (Å²) in [6.07, 6.45) is 5.75. The lowest BCUT2D eigenvalue weighted by Crippen LogP contribution is -2.46. The number of amides is 4. The third-order valence-electron chi connectivity index (χ3n) is 6.16. The number of carbonyl (C=O) groups excluding carboxylic acids is 3. The molecule has 2 heterocycles. The van der Waals surface area contributed by atoms with Gasteiger partial charge in [0.2, 0.25) is 11.8 Å². The van der Waals surface area contributed by atoms with Crippen LogP contribution in [0.1, 0.15) is 51.9 Å². The Morgan fingerprint density at radius 3 is 2.56 bits per heavy atom. The van der Waals surface area contributed by atoms with Crippen molar-refractivity contribution in [3.63, 3.8) is 0 Å². The Labute approximate surface area is 190 Å². The second kappa shape index (κ2) is 12.3. The number of rotatable bonds is 4. The van der Waals surface area contributed by atoms with Gasteiger partial charge in [-0.25, -0.2) is 4.79 Å². The van der Waals surface area contributed by atoms with Gasteiger partial charge in [-0.15, -0.1) is 0 Å². The molecule has 4 amide bonds. The van der Waals surface area contributed by atoms with Crippen LogP contribution >= 0.6 is 0 Å². The molecule has 0 spiro atoms. The molecule has 0 bridgehead atoms. The number of nitrogens with zero attached hydrogens (tertiary/aromatic N) is 2. The van der Waals surface area contributed by atoms with Crippen LogP contribution in [0.3, 0.4) is 0 Å². The minimum Gasteiger partial charge on any atom is -0.492 e. The normalized spacial score (nSPS) is 19.0. The average Bonchev–Trinajstić information content (AvgIpc) is 2.86. The van der Waals surface area contributed by atoms with Crippen LogP contribution in [0.2, 0.25) is 0 Å². The van der Waals surface area contributed by atoms with Gasteiger partial charge >= 0.3 is 6.03 Å². The molecule has 8 heteroatoms. The van der Waals surface area contributed by atoms with E-state index in [9.17, 15) is 14.4 Å². The van der Waals surface area contributed by atoms with Gasteiger partial charge < -0.3 is 25.2 Å². The zero-order valence-electron chi connectivity index (χ0n) is 19.1. The van der Waals surface area contributed by atoms with Crippen molar-refractivity contribution in [3.8, 4) is 5.75 Å². The summed E-state index contributed by atoms with van der Waals surface area (Å²) in [6.45, 7) is 5.41. The highest BCUT2D eigenvalue weighted by molar-refractivity contribution is 5.91. The van der Waals surface area contributed by atoms with E-state index in [1.807, 2.05) is 36.1 Å². The third-order valence-corrected chi connectivity index (χ3v) is 6.16. The van der Waals surface area contributed by atoms with E-state index in [2.05, 4.69) is 10.6 Å². The topological polar surface area (TPSA) is 91.0 Å². The van der Waals surface area contributed by atoms with Crippen molar-refractivity contribution in [1.82, 2.24) is 15.1 Å². The van der Waals surface area contributed by atoms with Gasteiger partial charge in [-0.2, -0.15) is 0 Å². The third kappa shape index (κ3) is 6.87. The van der Waals surface area contributed by atoms with Crippen molar-refractivity contribution < 1.29 is 19.1 Å². The Balaban J connectivity index is 1.52. The van der Waals surface area contributed by atoms with Gasteiger partial charge in [-0.05, 0) is 44.7 Å². The number of anilines is 1. The Hall–Kier alpha value is -2.77. The lowest BCUT2D eigenvalue weighted by Gasteiger charge is -2.34. The smallest absolute Gasteiger partial charge is 0.321 e. The van der Waals surface area contributed by atoms with Crippen molar-refractivity contribution in [2.24, 2.45) is 5.92 Å². The van der Waals surface area contributed by atoms with Crippen molar-refractivity contribution >= 4 is 23.5 Å². The van der Waals surface area contributed by atoms with E-state index < -0.39 is 0 Å². The molecule has 2 aliphatic heterocycles. The monoisotopic (exact) mass is 444 g/mol. The Bertz CT molecular complexity index is 777. The zero-order valence-corrected chi connectivity index (χ0v) is 19.1. The van der Waals surface area contributed by atoms with Crippen LogP contribution in [-0.4, -0.2) is 67.0 Å². The predicted octanol–water partition coefficient (Wildman–Crippen LogP) is 3.24. The van der Waals surface area contributed by atoms with Gasteiger partial charge in [0.05, 0.1) is 12.3 Å². The first kappa shape index (κ1) is 23.9. The number of benzene rings is 1. The molecule has 0 aliphatic carbocycles. The summed E-state index contributed by atoms with van der Waals surface area (Å²) in [5, 5.41) is 5.87. The summed E-state index contributed by atoms with van der Waals surface area (Å²) < 4.78 is 5.58. The molecule has 2 fully saturated rings. The number of piperidine rings is 1. The Kier molecular flexibility index (Phi) is 9.19. The van der Waals surface area contributed by atoms with Gasteiger partial charge in [0, 0.05) is 45.1 Å². The van der Waals surface area contributed by atoms with E-state index in [-0.39, 0.29) is 23.8 Å². The van der Waals surface area contributed by atoms with Gasteiger partial charge in [0.1, 0.15) is 5.75 Å². The van der Waals surface area contributed by atoms with Crippen LogP contribution in [0, 0.1) is 5.92 Å². The molecule has 8 nitrogen and oxygen atoms in total. The highest BCUT2D eigenvalue weighted by Gasteiger charge is 2.30. The molecular weight excluding hydrogens is 408 g/mol. The van der Waals surface area contributed by atoms with E-state index >= 15 is 0 Å². The molecule has 32 heavy (non-hydrogen) atoms. The Morgan fingerprint density at radius 1 is 1.03 bits per heavy atom. The fourth-order valence-electron chi connectivity index (χ4n) is 4.30. The van der Waals surface area contributed by atoms with Crippen LogP contribution in [0.25, 0.3) is 0 Å². The maximum absolute atomic E-state index is 13.2. The minimum atomic E-state index is -0.171. The lowest BCUT2D eigenvalue weighted by molar-refractivity contribution is -0.137. The van der Waals surface area contributed by atoms with Crippen LogP contribution in [0.5, 0.6) is 5.75 Å². The first-order valence-corrected chi connectivity index (χ1v) is 11.9. The predicted molar refractivity (Wildman–Crippen MR) is 124 cm³/mol. The molecule has 1 aromatic carbocycles. The van der Waals surface area contributed by atoms with Crippen LogP contribution < -0.4 is 15.4 Å². The first-order valence-electron chi connectivity index (χ1n) is 11.9. The van der Waals surface area contributed by atoms with Gasteiger partial charge in [-0.1, -0.05) is 25.0 Å². The van der Waals surface area contributed by atoms with Crippen LogP contribution in [-0.2, 0) is 9.59 Å². The van der Waals surface area contributed by atoms with Crippen molar-refractivity contribution in [2.75, 3.05) is 44.6 Å². The summed E-state index contributed by atoms with van der Waals surface area (Å²) in [6, 6.07) is 7.22. The SMILES string of the molecule is CCOc1ccccc1NC(=O)N1CCC(C(=O)N2CCCCCCNC(=O)CC2)CC1. The standard InChI is InChI=1S/C24H36N4O4/c1-2-32-21-10-6-5-9-20(21)26-24(31)28-16-11-19(12-17-28)23(30)27-15-8-4-3-7-14-25-22(29)13-18-27/h5-6,9-10,19H,2-4,7-8,11-18H2,1H3,(H,25,29)(H,26,31). The summed E-state index contributed by atoms with van der Waals surface area (Å²) in [5.74, 6) is 0.697. The minimum absolute atomic E-state index is 0.0172. The second-order valence-electron chi connectivity index (χ2n) is 8.46. The molecule has 2 saturated heterocycles. The number of ether oxygens (including phenoxy) is 1. The quantitative estimate of drug-likeness (QED) is 0.746. The van der Waals surface area contributed by atoms with Crippen LogP contribution in [0.15, 0.2) is 24.3 Å². The molecule has 0 aromatic heterocycles. The summed E-state index contributed by atoms with van der Waals surface area (Å²) in [4.78, 5) is 41.5. The molecule has 0 radical (unpaired) electrons. The summed E-state index contributed by atoms with van der Waals surface area (Å²) >= 11 is 0. The maximum Gasteiger partial charge on any atom is 0.321 e. The van der Waals surface area contributed by atoms with E-state index in [1.54, 1.807) is 4.90 Å². The maximum atomic E-state index is 13.2. The number of likely N-dealkylation sites (tertiary alicyclic amines) is 1. The molecular formula is C24H36N4O4. The highest BCUT2D eigenvalue weighted by atomic mass is 16.5. The second-order valence-corrected chi connectivity index (χ2v) is 8.46. The number of para-hydroxylation sites is 2. The van der Waals surface area contributed by atoms with Gasteiger partial charge in [0.15, 0.2) is 0 Å². The molecule has 2 N–H and O–H groups in total. The fraction of sp³-hybridized carbons (Fsp3) is 0.625. The molecule has 0 saturated carbocycles. The molecule has 0 atom stereocenters. The molecule has 2 aliphatic rings. The Morgan fingerprint density at radius 2 is 1.78 bits per heavy atom. The highest BCUT2D eigenvalue weighted by Crippen LogP contribution is 2.26. The van der Waals surface area contributed by atoms with Gasteiger partial charge in [0.25, 0.3) is 0 Å². The molecule has 3 rings (SSSR count). The largest absolute Gasteiger partial charge is 0.492 e. The molecule has 1 aromatic rings. The van der Waals surface area contributed by atoms with E-state index in [0.29, 0.717) is 63.5 Å². The van der Waals surface area contributed by atoms with Gasteiger partial charge in [-0.3, -0.25) is 9.59 Å². The van der Waals surface area contributed by atoms with Crippen LogP contribution in [0.4, 0.5) is 10.5 Å². The lowest BCUT2D eigenvalue weighted by atomic mass is 9.95. The number of carbonyl (C=O) groups is 3. The zero-order chi connectivity index (χ0) is 22.8. The van der Waals surface area contributed by atoms with E-state index in [4.69, 9.17) is 4.74 Å². The van der Waals surface area contributed by atoms with Crippen molar-refractivity contribution in [2.45, 2.75) is 51.9 Å². The average molecular weight is 445 g/mol. The van der Waals surface area contributed by atoms with E-state index in [1.165, 1.54) is 0 Å². The van der Waals surface area contributed by atoms with Crippen molar-refractivity contribution in [1.29, 1.82) is 0 Å². The molecule has 176 valence electrons. The summed E-state index contributed by atoms with van der Waals surface area (Å²) in [7, 11) is 0.